The lowest BCUT2D eigenvalue weighted by Gasteiger charge is -2.13. The van der Waals surface area contributed by atoms with Crippen LogP contribution in [0, 0.1) is 11.6 Å². The number of rotatable bonds is 9. The second-order valence-corrected chi connectivity index (χ2v) is 8.24. The third kappa shape index (κ3) is 5.30. The molecule has 0 aliphatic carbocycles. The van der Waals surface area contributed by atoms with Crippen LogP contribution in [0.3, 0.4) is 0 Å². The fourth-order valence-corrected chi connectivity index (χ4v) is 3.87. The highest BCUT2D eigenvalue weighted by molar-refractivity contribution is 5.95. The number of nitrogens with zero attached hydrogens (tertiary/aromatic N) is 2. The molecule has 0 aliphatic heterocycles. The normalized spacial score (nSPS) is 12.1. The maximum absolute atomic E-state index is 13.8. The van der Waals surface area contributed by atoms with Gasteiger partial charge in [-0.15, -0.1) is 0 Å². The molecular weight excluding hydrogens is 436 g/mol. The summed E-state index contributed by atoms with van der Waals surface area (Å²) in [5.74, 6) is -1.89. The Bertz CT molecular complexity index is 1290. The first-order valence-electron chi connectivity index (χ1n) is 11.2. The number of hydrogen-bond donors (Lipinski definition) is 3. The summed E-state index contributed by atoms with van der Waals surface area (Å²) in [5, 5.41) is 2.88. The molecule has 34 heavy (non-hydrogen) atoms. The van der Waals surface area contributed by atoms with Crippen LogP contribution in [0.15, 0.2) is 66.7 Å². The van der Waals surface area contributed by atoms with Crippen molar-refractivity contribution in [2.24, 2.45) is 11.5 Å². The van der Waals surface area contributed by atoms with Gasteiger partial charge in [-0.2, -0.15) is 0 Å². The minimum atomic E-state index is -0.918. The Balaban J connectivity index is 1.69. The van der Waals surface area contributed by atoms with E-state index in [0.717, 1.165) is 36.1 Å². The van der Waals surface area contributed by atoms with Crippen molar-refractivity contribution in [1.29, 1.82) is 0 Å². The number of amides is 1. The SMILES string of the molecule is NCCCC(N)CNC(=O)c1nc2cc(-c3ccc(F)c(F)c3)ccc2n1Cc1ccccc1. The zero-order chi connectivity index (χ0) is 24.1. The van der Waals surface area contributed by atoms with Crippen LogP contribution in [0.2, 0.25) is 0 Å². The third-order valence-electron chi connectivity index (χ3n) is 5.69. The van der Waals surface area contributed by atoms with Gasteiger partial charge in [-0.1, -0.05) is 42.5 Å². The molecule has 1 amide bonds. The van der Waals surface area contributed by atoms with Gasteiger partial charge in [0.15, 0.2) is 17.5 Å². The molecule has 8 heteroatoms. The van der Waals surface area contributed by atoms with E-state index < -0.39 is 11.6 Å². The number of carbonyl (C=O) groups excluding carboxylic acids is 1. The van der Waals surface area contributed by atoms with Gasteiger partial charge in [-0.25, -0.2) is 13.8 Å². The number of halogens is 2. The highest BCUT2D eigenvalue weighted by Crippen LogP contribution is 2.27. The van der Waals surface area contributed by atoms with E-state index in [-0.39, 0.29) is 17.8 Å². The van der Waals surface area contributed by atoms with Gasteiger partial charge in [0.25, 0.3) is 5.91 Å². The average molecular weight is 464 g/mol. The molecule has 0 spiro atoms. The first-order valence-corrected chi connectivity index (χ1v) is 11.2. The Morgan fingerprint density at radius 2 is 1.74 bits per heavy atom. The largest absolute Gasteiger partial charge is 0.348 e. The maximum Gasteiger partial charge on any atom is 0.287 e. The van der Waals surface area contributed by atoms with E-state index in [0.29, 0.717) is 36.3 Å². The third-order valence-corrected chi connectivity index (χ3v) is 5.69. The first kappa shape index (κ1) is 23.5. The fraction of sp³-hybridized carbons (Fsp3) is 0.231. The van der Waals surface area contributed by atoms with Gasteiger partial charge < -0.3 is 21.4 Å². The number of nitrogens with one attached hydrogen (secondary N) is 1. The average Bonchev–Trinajstić information content (AvgIpc) is 3.21. The predicted octanol–water partition coefficient (Wildman–Crippen LogP) is 3.83. The molecular formula is C26H27F2N5O. The smallest absolute Gasteiger partial charge is 0.287 e. The lowest BCUT2D eigenvalue weighted by molar-refractivity contribution is 0.0937. The molecule has 6 nitrogen and oxygen atoms in total. The minimum absolute atomic E-state index is 0.195. The highest BCUT2D eigenvalue weighted by Gasteiger charge is 2.19. The number of hydrogen-bond acceptors (Lipinski definition) is 4. The Morgan fingerprint density at radius 3 is 2.47 bits per heavy atom. The van der Waals surface area contributed by atoms with Crippen molar-refractivity contribution in [2.45, 2.75) is 25.4 Å². The molecule has 4 aromatic rings. The topological polar surface area (TPSA) is 99.0 Å². The summed E-state index contributed by atoms with van der Waals surface area (Å²) in [5.41, 5.74) is 15.2. The molecule has 1 atom stereocenters. The molecule has 4 rings (SSSR count). The van der Waals surface area contributed by atoms with Crippen molar-refractivity contribution >= 4 is 16.9 Å². The zero-order valence-electron chi connectivity index (χ0n) is 18.7. The van der Waals surface area contributed by atoms with E-state index in [9.17, 15) is 13.6 Å². The van der Waals surface area contributed by atoms with E-state index in [4.69, 9.17) is 11.5 Å². The summed E-state index contributed by atoms with van der Waals surface area (Å²) in [7, 11) is 0. The van der Waals surface area contributed by atoms with Crippen LogP contribution < -0.4 is 16.8 Å². The van der Waals surface area contributed by atoms with Gasteiger partial charge in [-0.05, 0) is 60.3 Å². The number of imidazole rings is 1. The molecule has 1 heterocycles. The summed E-state index contributed by atoms with van der Waals surface area (Å²) >= 11 is 0. The predicted molar refractivity (Wildman–Crippen MR) is 129 cm³/mol. The second kappa shape index (κ2) is 10.5. The molecule has 0 saturated carbocycles. The standard InChI is InChI=1S/C26H27F2N5O/c27-21-10-8-18(13-22(21)28)19-9-11-24-23(14-19)32-25(26(34)31-15-20(30)7-4-12-29)33(24)16-17-5-2-1-3-6-17/h1-3,5-6,8-11,13-14,20H,4,7,12,15-16,29-30H2,(H,31,34). The number of carbonyl (C=O) groups is 1. The Hall–Kier alpha value is -3.62. The van der Waals surface area contributed by atoms with E-state index in [1.54, 1.807) is 6.07 Å². The van der Waals surface area contributed by atoms with Crippen molar-refractivity contribution in [3.63, 3.8) is 0 Å². The lowest BCUT2D eigenvalue weighted by atomic mass is 10.0. The molecule has 5 N–H and O–H groups in total. The Kier molecular flexibility index (Phi) is 7.30. The van der Waals surface area contributed by atoms with Gasteiger partial charge in [0.1, 0.15) is 0 Å². The van der Waals surface area contributed by atoms with Crippen LogP contribution in [-0.2, 0) is 6.54 Å². The van der Waals surface area contributed by atoms with Crippen LogP contribution >= 0.6 is 0 Å². The molecule has 176 valence electrons. The van der Waals surface area contributed by atoms with Crippen molar-refractivity contribution in [3.8, 4) is 11.1 Å². The summed E-state index contributed by atoms with van der Waals surface area (Å²) in [6.45, 7) is 1.31. The van der Waals surface area contributed by atoms with Gasteiger partial charge in [0, 0.05) is 19.1 Å². The van der Waals surface area contributed by atoms with Crippen LogP contribution in [0.25, 0.3) is 22.2 Å². The van der Waals surface area contributed by atoms with Gasteiger partial charge in [-0.3, -0.25) is 4.79 Å². The molecule has 0 bridgehead atoms. The number of benzene rings is 3. The summed E-state index contributed by atoms with van der Waals surface area (Å²) in [4.78, 5) is 17.7. The monoisotopic (exact) mass is 463 g/mol. The molecule has 0 radical (unpaired) electrons. The van der Waals surface area contributed by atoms with E-state index in [1.807, 2.05) is 47.0 Å². The van der Waals surface area contributed by atoms with E-state index in [1.165, 1.54) is 6.07 Å². The lowest BCUT2D eigenvalue weighted by Crippen LogP contribution is -2.38. The number of nitrogens with two attached hydrogens (primary N) is 2. The van der Waals surface area contributed by atoms with Crippen LogP contribution in [-0.4, -0.2) is 34.6 Å². The molecule has 0 saturated heterocycles. The first-order chi connectivity index (χ1) is 16.5. The van der Waals surface area contributed by atoms with Crippen molar-refractivity contribution in [2.75, 3.05) is 13.1 Å². The van der Waals surface area contributed by atoms with Gasteiger partial charge >= 0.3 is 0 Å². The van der Waals surface area contributed by atoms with Gasteiger partial charge in [0.05, 0.1) is 11.0 Å². The minimum Gasteiger partial charge on any atom is -0.348 e. The summed E-state index contributed by atoms with van der Waals surface area (Å²) in [6, 6.07) is 18.7. The Morgan fingerprint density at radius 1 is 1.00 bits per heavy atom. The van der Waals surface area contributed by atoms with Crippen LogP contribution in [0.1, 0.15) is 29.0 Å². The fourth-order valence-electron chi connectivity index (χ4n) is 3.87. The Labute approximate surface area is 196 Å². The van der Waals surface area contributed by atoms with E-state index >= 15 is 0 Å². The number of fused-ring (bicyclic) bond motifs is 1. The maximum atomic E-state index is 13.8. The molecule has 1 unspecified atom stereocenters. The summed E-state index contributed by atoms with van der Waals surface area (Å²) in [6.07, 6.45) is 1.51. The van der Waals surface area contributed by atoms with Crippen LogP contribution in [0.5, 0.6) is 0 Å². The quantitative estimate of drug-likeness (QED) is 0.351. The van der Waals surface area contributed by atoms with E-state index in [2.05, 4.69) is 10.3 Å². The van der Waals surface area contributed by atoms with Crippen LogP contribution in [0.4, 0.5) is 8.78 Å². The zero-order valence-corrected chi connectivity index (χ0v) is 18.7. The second-order valence-electron chi connectivity index (χ2n) is 8.24. The molecule has 0 fully saturated rings. The summed E-state index contributed by atoms with van der Waals surface area (Å²) < 4.78 is 29.0. The molecule has 3 aromatic carbocycles. The molecule has 0 aliphatic rings. The number of aromatic nitrogens is 2. The van der Waals surface area contributed by atoms with Gasteiger partial charge in [0.2, 0.25) is 0 Å². The van der Waals surface area contributed by atoms with Crippen molar-refractivity contribution in [3.05, 3.63) is 89.8 Å². The van der Waals surface area contributed by atoms with Crippen molar-refractivity contribution < 1.29 is 13.6 Å². The highest BCUT2D eigenvalue weighted by atomic mass is 19.2. The molecule has 1 aromatic heterocycles. The van der Waals surface area contributed by atoms with Crippen molar-refractivity contribution in [1.82, 2.24) is 14.9 Å².